The van der Waals surface area contributed by atoms with Gasteiger partial charge in [-0.3, -0.25) is 0 Å². The number of nitrogens with zero attached hydrogens (tertiary/aromatic N) is 4. The van der Waals surface area contributed by atoms with E-state index in [-0.39, 0.29) is 0 Å². The van der Waals surface area contributed by atoms with E-state index in [4.69, 9.17) is 28.2 Å². The van der Waals surface area contributed by atoms with E-state index in [2.05, 4.69) is 114 Å². The van der Waals surface area contributed by atoms with Gasteiger partial charge < -0.3 is 17.8 Å². The Morgan fingerprint density at radius 3 is 1.35 bits per heavy atom. The topological polar surface area (TPSA) is 83.0 Å². The van der Waals surface area contributed by atoms with E-state index in [1.807, 2.05) is 72.8 Å². The Hall–Kier alpha value is -8.55. The zero-order chi connectivity index (χ0) is 40.5. The van der Waals surface area contributed by atoms with Crippen LogP contribution >= 0.6 is 0 Å². The van der Waals surface area contributed by atoms with Crippen molar-refractivity contribution in [2.45, 2.75) is 0 Å². The van der Waals surface area contributed by atoms with Crippen molar-refractivity contribution < 1.29 is 13.3 Å². The second-order valence-corrected chi connectivity index (χ2v) is 15.9. The van der Waals surface area contributed by atoms with Crippen molar-refractivity contribution in [3.63, 3.8) is 0 Å². The zero-order valence-electron chi connectivity index (χ0n) is 32.8. The average Bonchev–Trinajstić information content (AvgIpc) is 4.09. The Morgan fingerprint density at radius 1 is 0.306 bits per heavy atom. The number of hydrogen-bond acceptors (Lipinski definition) is 6. The van der Waals surface area contributed by atoms with Crippen molar-refractivity contribution in [2.24, 2.45) is 0 Å². The fourth-order valence-corrected chi connectivity index (χ4v) is 9.66. The van der Waals surface area contributed by atoms with Gasteiger partial charge in [-0.1, -0.05) is 121 Å². The first kappa shape index (κ1) is 33.3. The fourth-order valence-electron chi connectivity index (χ4n) is 9.66. The van der Waals surface area contributed by atoms with Gasteiger partial charge in [0.2, 0.25) is 0 Å². The molecule has 7 heteroatoms. The second-order valence-electron chi connectivity index (χ2n) is 15.9. The summed E-state index contributed by atoms with van der Waals surface area (Å²) in [7, 11) is 0. The summed E-state index contributed by atoms with van der Waals surface area (Å²) in [4.78, 5) is 16.1. The molecule has 7 nitrogen and oxygen atoms in total. The fraction of sp³-hybridized carbons (Fsp3) is 0. The summed E-state index contributed by atoms with van der Waals surface area (Å²) in [5, 5.41) is 10.7. The first-order chi connectivity index (χ1) is 30.7. The molecule has 5 heterocycles. The van der Waals surface area contributed by atoms with Crippen LogP contribution in [-0.4, -0.2) is 19.5 Å². The quantitative estimate of drug-likeness (QED) is 0.176. The minimum atomic E-state index is 0.478. The highest BCUT2D eigenvalue weighted by molar-refractivity contribution is 6.17. The van der Waals surface area contributed by atoms with Gasteiger partial charge in [-0.15, -0.1) is 0 Å². The van der Waals surface area contributed by atoms with E-state index >= 15 is 0 Å². The molecule has 14 rings (SSSR count). The molecule has 9 aromatic carbocycles. The molecule has 0 spiro atoms. The molecule has 0 aliphatic carbocycles. The van der Waals surface area contributed by atoms with Gasteiger partial charge in [0.05, 0.1) is 22.2 Å². The standard InChI is InChI=1S/C55H30N4O3/c1-2-14-32-30-45-43(29-31(32)13-1)33-15-3-7-23-44(33)59(45)49-40(28-27-39-36-18-6-10-26-48(36)62-52(39)49)53-56-54(41-21-11-19-37-34-16-4-8-24-46(34)60-50(37)41)58-55(57-53)42-22-12-20-38-35-17-5-9-25-47(35)61-51(38)42/h1-30H. The van der Waals surface area contributed by atoms with Gasteiger partial charge in [0.25, 0.3) is 0 Å². The van der Waals surface area contributed by atoms with Crippen LogP contribution in [0.3, 0.4) is 0 Å². The molecule has 0 aliphatic rings. The first-order valence-corrected chi connectivity index (χ1v) is 20.7. The van der Waals surface area contributed by atoms with E-state index in [9.17, 15) is 0 Å². The van der Waals surface area contributed by atoms with Gasteiger partial charge in [-0.2, -0.15) is 0 Å². The molecule has 5 aromatic heterocycles. The molecule has 0 saturated heterocycles. The number of hydrogen-bond donors (Lipinski definition) is 0. The molecule has 0 atom stereocenters. The number of para-hydroxylation sites is 6. The monoisotopic (exact) mass is 794 g/mol. The van der Waals surface area contributed by atoms with Crippen LogP contribution in [0.2, 0.25) is 0 Å². The van der Waals surface area contributed by atoms with Gasteiger partial charge in [0, 0.05) is 48.7 Å². The van der Waals surface area contributed by atoms with E-state index in [1.54, 1.807) is 0 Å². The minimum absolute atomic E-state index is 0.478. The average molecular weight is 795 g/mol. The van der Waals surface area contributed by atoms with Crippen LogP contribution in [0.5, 0.6) is 0 Å². The van der Waals surface area contributed by atoms with Gasteiger partial charge in [0.1, 0.15) is 33.6 Å². The Morgan fingerprint density at radius 2 is 0.758 bits per heavy atom. The Kier molecular flexibility index (Phi) is 6.71. The zero-order valence-corrected chi connectivity index (χ0v) is 32.8. The summed E-state index contributed by atoms with van der Waals surface area (Å²) in [6.45, 7) is 0. The molecule has 14 aromatic rings. The number of fused-ring (bicyclic) bond motifs is 13. The van der Waals surface area contributed by atoms with E-state index < -0.39 is 0 Å². The molecule has 288 valence electrons. The number of furan rings is 3. The lowest BCUT2D eigenvalue weighted by atomic mass is 10.0. The number of benzene rings is 9. The summed E-state index contributed by atoms with van der Waals surface area (Å²) < 4.78 is 22.5. The van der Waals surface area contributed by atoms with Crippen LogP contribution in [0.25, 0.3) is 138 Å². The predicted molar refractivity (Wildman–Crippen MR) is 250 cm³/mol. The second kappa shape index (κ2) is 12.5. The summed E-state index contributed by atoms with van der Waals surface area (Å²) >= 11 is 0. The molecule has 0 radical (unpaired) electrons. The van der Waals surface area contributed by atoms with Crippen molar-refractivity contribution in [3.05, 3.63) is 182 Å². The molecule has 0 fully saturated rings. The lowest BCUT2D eigenvalue weighted by Crippen LogP contribution is -2.04. The Labute approximate surface area is 351 Å². The molecule has 0 amide bonds. The SMILES string of the molecule is c1ccc2cc3c(cc2c1)c1ccccc1n3-c1c(-c2nc(-c3cccc4c3oc3ccccc34)nc(-c3cccc4c3oc3ccccc34)n2)ccc2c1oc1ccccc12. The van der Waals surface area contributed by atoms with Crippen molar-refractivity contribution in [2.75, 3.05) is 0 Å². The maximum Gasteiger partial charge on any atom is 0.167 e. The summed E-state index contributed by atoms with van der Waals surface area (Å²) in [6.07, 6.45) is 0. The lowest BCUT2D eigenvalue weighted by Gasteiger charge is -2.15. The highest BCUT2D eigenvalue weighted by Crippen LogP contribution is 2.44. The number of rotatable bonds is 4. The first-order valence-electron chi connectivity index (χ1n) is 20.7. The smallest absolute Gasteiger partial charge is 0.167 e. The maximum absolute atomic E-state index is 6.95. The number of aromatic nitrogens is 4. The largest absolute Gasteiger partial charge is 0.455 e. The highest BCUT2D eigenvalue weighted by atomic mass is 16.3. The molecule has 0 aliphatic heterocycles. The van der Waals surface area contributed by atoms with Crippen LogP contribution in [0.4, 0.5) is 0 Å². The summed E-state index contributed by atoms with van der Waals surface area (Å²) in [5.41, 5.74) is 9.79. The van der Waals surface area contributed by atoms with Gasteiger partial charge in [-0.05, 0) is 71.4 Å². The molecular formula is C55H30N4O3. The van der Waals surface area contributed by atoms with Crippen LogP contribution in [-0.2, 0) is 0 Å². The van der Waals surface area contributed by atoms with Gasteiger partial charge in [0.15, 0.2) is 23.1 Å². The molecule has 0 saturated carbocycles. The molecule has 62 heavy (non-hydrogen) atoms. The van der Waals surface area contributed by atoms with Crippen molar-refractivity contribution in [3.8, 4) is 39.9 Å². The third-order valence-electron chi connectivity index (χ3n) is 12.5. The van der Waals surface area contributed by atoms with Crippen molar-refractivity contribution in [1.29, 1.82) is 0 Å². The van der Waals surface area contributed by atoms with Gasteiger partial charge >= 0.3 is 0 Å². The highest BCUT2D eigenvalue weighted by Gasteiger charge is 2.26. The van der Waals surface area contributed by atoms with E-state index in [0.29, 0.717) is 28.6 Å². The normalized spacial score (nSPS) is 12.2. The third-order valence-corrected chi connectivity index (χ3v) is 12.5. The molecule has 0 bridgehead atoms. The van der Waals surface area contributed by atoms with E-state index in [1.165, 1.54) is 5.39 Å². The molecule has 0 unspecified atom stereocenters. The van der Waals surface area contributed by atoms with Crippen LogP contribution in [0, 0.1) is 0 Å². The maximum atomic E-state index is 6.95. The molecular weight excluding hydrogens is 765 g/mol. The third kappa shape index (κ3) is 4.67. The van der Waals surface area contributed by atoms with Crippen LogP contribution < -0.4 is 0 Å². The Bertz CT molecular complexity index is 4060. The van der Waals surface area contributed by atoms with Crippen molar-refractivity contribution >= 4 is 98.4 Å². The predicted octanol–water partition coefficient (Wildman–Crippen LogP) is 14.8. The van der Waals surface area contributed by atoms with Gasteiger partial charge in [-0.25, -0.2) is 15.0 Å². The Balaban J connectivity index is 1.13. The summed E-state index contributed by atoms with van der Waals surface area (Å²) in [6, 6.07) is 62.7. The van der Waals surface area contributed by atoms with Crippen molar-refractivity contribution in [1.82, 2.24) is 19.5 Å². The van der Waals surface area contributed by atoms with E-state index in [0.717, 1.165) is 104 Å². The van der Waals surface area contributed by atoms with Crippen LogP contribution in [0.1, 0.15) is 0 Å². The summed E-state index contributed by atoms with van der Waals surface area (Å²) in [5.74, 6) is 1.44. The van der Waals surface area contributed by atoms with Crippen LogP contribution in [0.15, 0.2) is 195 Å². The minimum Gasteiger partial charge on any atom is -0.455 e. The lowest BCUT2D eigenvalue weighted by molar-refractivity contribution is 0.666. The molecule has 0 N–H and O–H groups in total.